The van der Waals surface area contributed by atoms with E-state index in [1.807, 2.05) is 32.3 Å². The smallest absolute Gasteiger partial charge is 0.274 e. The molecule has 0 bridgehead atoms. The molecule has 0 saturated heterocycles. The summed E-state index contributed by atoms with van der Waals surface area (Å²) in [6.07, 6.45) is 1.77. The summed E-state index contributed by atoms with van der Waals surface area (Å²) < 4.78 is 10.8. The minimum Gasteiger partial charge on any atom is -0.493 e. The molecule has 0 atom stereocenters. The number of hydrogen-bond acceptors (Lipinski definition) is 7. The van der Waals surface area contributed by atoms with Gasteiger partial charge in [-0.3, -0.25) is 4.79 Å². The summed E-state index contributed by atoms with van der Waals surface area (Å²) in [5, 5.41) is 11.5. The lowest BCUT2D eigenvalue weighted by Crippen LogP contribution is -2.36. The minimum absolute atomic E-state index is 0.114. The minimum atomic E-state index is -0.114. The van der Waals surface area contributed by atoms with Crippen LogP contribution in [0.3, 0.4) is 0 Å². The van der Waals surface area contributed by atoms with Crippen molar-refractivity contribution in [3.8, 4) is 11.5 Å². The lowest BCUT2D eigenvalue weighted by molar-refractivity contribution is 0.0727. The molecule has 0 fully saturated rings. The highest BCUT2D eigenvalue weighted by atomic mass is 16.5. The van der Waals surface area contributed by atoms with E-state index in [1.54, 1.807) is 25.2 Å². The first-order valence-electron chi connectivity index (χ1n) is 9.77. The first-order valence-corrected chi connectivity index (χ1v) is 9.77. The largest absolute Gasteiger partial charge is 0.493 e. The second-order valence-corrected chi connectivity index (χ2v) is 7.34. The Labute approximate surface area is 171 Å². The molecular weight excluding hydrogens is 370 g/mol. The van der Waals surface area contributed by atoms with Gasteiger partial charge in [-0.25, -0.2) is 0 Å². The number of aromatic nitrogens is 2. The molecule has 1 aliphatic heterocycles. The molecule has 2 heterocycles. The van der Waals surface area contributed by atoms with Crippen molar-refractivity contribution in [3.63, 3.8) is 0 Å². The number of hydrogen-bond donors (Lipinski definition) is 1. The van der Waals surface area contributed by atoms with E-state index < -0.39 is 0 Å². The summed E-state index contributed by atoms with van der Waals surface area (Å²) in [7, 11) is 7.33. The van der Waals surface area contributed by atoms with Crippen LogP contribution in [0.2, 0.25) is 0 Å². The molecule has 0 saturated carbocycles. The van der Waals surface area contributed by atoms with E-state index in [9.17, 15) is 4.79 Å². The third-order valence-electron chi connectivity index (χ3n) is 4.98. The zero-order valence-corrected chi connectivity index (χ0v) is 17.6. The van der Waals surface area contributed by atoms with Crippen molar-refractivity contribution in [1.29, 1.82) is 0 Å². The fourth-order valence-electron chi connectivity index (χ4n) is 3.37. The number of rotatable bonds is 8. The van der Waals surface area contributed by atoms with E-state index in [4.69, 9.17) is 9.47 Å². The van der Waals surface area contributed by atoms with E-state index in [2.05, 4.69) is 20.4 Å². The van der Waals surface area contributed by atoms with Crippen LogP contribution in [0.5, 0.6) is 11.5 Å². The number of anilines is 1. The quantitative estimate of drug-likeness (QED) is 0.681. The number of benzene rings is 1. The predicted molar refractivity (Wildman–Crippen MR) is 112 cm³/mol. The molecule has 1 amide bonds. The highest BCUT2D eigenvalue weighted by Gasteiger charge is 2.24. The topological polar surface area (TPSA) is 79.8 Å². The monoisotopic (exact) mass is 399 g/mol. The lowest BCUT2D eigenvalue weighted by Gasteiger charge is -2.29. The molecule has 1 aromatic heterocycles. The van der Waals surface area contributed by atoms with Gasteiger partial charge in [0.25, 0.3) is 5.91 Å². The number of nitrogens with one attached hydrogen (secondary N) is 1. The molecule has 8 nitrogen and oxygen atoms in total. The molecule has 2 aromatic rings. The normalized spacial score (nSPS) is 13.2. The van der Waals surface area contributed by atoms with Crippen LogP contribution in [0.1, 0.15) is 28.0 Å². The summed E-state index contributed by atoms with van der Waals surface area (Å²) in [6.45, 7) is 2.97. The Morgan fingerprint density at radius 1 is 1.14 bits per heavy atom. The molecule has 1 aliphatic rings. The fourth-order valence-corrected chi connectivity index (χ4v) is 3.37. The Hall–Kier alpha value is -2.87. The van der Waals surface area contributed by atoms with Gasteiger partial charge in [-0.1, -0.05) is 0 Å². The average Bonchev–Trinajstić information content (AvgIpc) is 2.75. The average molecular weight is 399 g/mol. The number of ether oxygens (including phenoxy) is 2. The number of amides is 1. The van der Waals surface area contributed by atoms with Gasteiger partial charge < -0.3 is 24.6 Å². The number of carbonyl (C=O) groups excluding carboxylic acids is 1. The zero-order valence-electron chi connectivity index (χ0n) is 17.6. The highest BCUT2D eigenvalue weighted by molar-refractivity contribution is 5.92. The summed E-state index contributed by atoms with van der Waals surface area (Å²) >= 11 is 0. The Morgan fingerprint density at radius 3 is 2.48 bits per heavy atom. The Kier molecular flexibility index (Phi) is 6.87. The zero-order chi connectivity index (χ0) is 20.8. The molecule has 8 heteroatoms. The third-order valence-corrected chi connectivity index (χ3v) is 4.98. The van der Waals surface area contributed by atoms with Crippen LogP contribution in [-0.4, -0.2) is 73.9 Å². The maximum Gasteiger partial charge on any atom is 0.274 e. The predicted octanol–water partition coefficient (Wildman–Crippen LogP) is 2.06. The molecule has 0 spiro atoms. The summed E-state index contributed by atoms with van der Waals surface area (Å²) in [5.41, 5.74) is 2.59. The van der Waals surface area contributed by atoms with E-state index >= 15 is 0 Å². The van der Waals surface area contributed by atoms with Gasteiger partial charge in [0.15, 0.2) is 17.2 Å². The molecule has 1 N–H and O–H groups in total. The van der Waals surface area contributed by atoms with Crippen LogP contribution in [0, 0.1) is 0 Å². The van der Waals surface area contributed by atoms with Gasteiger partial charge in [0.1, 0.15) is 5.82 Å². The van der Waals surface area contributed by atoms with E-state index in [1.165, 1.54) is 5.56 Å². The van der Waals surface area contributed by atoms with Crippen LogP contribution in [0.4, 0.5) is 5.82 Å². The molecule has 3 rings (SSSR count). The maximum absolute atomic E-state index is 12.9. The van der Waals surface area contributed by atoms with E-state index in [0.717, 1.165) is 31.5 Å². The number of nitrogens with zero attached hydrogens (tertiary/aromatic N) is 4. The number of methoxy groups -OCH3 is 2. The molecule has 0 radical (unpaired) electrons. The summed E-state index contributed by atoms with van der Waals surface area (Å²) in [6, 6.07) is 7.47. The Morgan fingerprint density at radius 2 is 1.86 bits per heavy atom. The van der Waals surface area contributed by atoms with Crippen LogP contribution in [-0.2, 0) is 13.0 Å². The highest BCUT2D eigenvalue weighted by Crippen LogP contribution is 2.33. The van der Waals surface area contributed by atoms with Crippen molar-refractivity contribution >= 4 is 11.7 Å². The van der Waals surface area contributed by atoms with Gasteiger partial charge in [-0.15, -0.1) is 10.2 Å². The first kappa shape index (κ1) is 20.9. The number of carbonyl (C=O) groups is 1. The van der Waals surface area contributed by atoms with E-state index in [0.29, 0.717) is 36.1 Å². The molecule has 156 valence electrons. The number of fused-ring (bicyclic) bond motifs is 1. The summed E-state index contributed by atoms with van der Waals surface area (Å²) in [4.78, 5) is 16.8. The fraction of sp³-hybridized carbons (Fsp3) is 0.476. The van der Waals surface area contributed by atoms with Gasteiger partial charge in [-0.05, 0) is 68.9 Å². The first-order chi connectivity index (χ1) is 14.0. The van der Waals surface area contributed by atoms with E-state index in [-0.39, 0.29) is 5.91 Å². The van der Waals surface area contributed by atoms with Crippen molar-refractivity contribution in [2.24, 2.45) is 0 Å². The Bertz CT molecular complexity index is 839. The van der Waals surface area contributed by atoms with Gasteiger partial charge in [-0.2, -0.15) is 0 Å². The second kappa shape index (κ2) is 9.56. The molecule has 0 unspecified atom stereocenters. The summed E-state index contributed by atoms with van der Waals surface area (Å²) in [5.74, 6) is 1.95. The van der Waals surface area contributed by atoms with Crippen molar-refractivity contribution in [2.45, 2.75) is 19.4 Å². The van der Waals surface area contributed by atoms with Gasteiger partial charge in [0.2, 0.25) is 0 Å². The lowest BCUT2D eigenvalue weighted by atomic mass is 9.98. The van der Waals surface area contributed by atoms with Crippen molar-refractivity contribution < 1.29 is 14.3 Å². The van der Waals surface area contributed by atoms with Gasteiger partial charge in [0.05, 0.1) is 14.2 Å². The second-order valence-electron chi connectivity index (χ2n) is 7.34. The molecular formula is C21H29N5O3. The van der Waals surface area contributed by atoms with Crippen LogP contribution in [0.25, 0.3) is 0 Å². The van der Waals surface area contributed by atoms with Gasteiger partial charge in [0, 0.05) is 19.6 Å². The van der Waals surface area contributed by atoms with Crippen molar-refractivity contribution in [2.75, 3.05) is 53.3 Å². The van der Waals surface area contributed by atoms with Crippen molar-refractivity contribution in [1.82, 2.24) is 20.0 Å². The maximum atomic E-state index is 12.9. The van der Waals surface area contributed by atoms with Crippen LogP contribution < -0.4 is 14.8 Å². The van der Waals surface area contributed by atoms with Crippen molar-refractivity contribution in [3.05, 3.63) is 41.1 Å². The molecule has 1 aromatic carbocycles. The SMILES string of the molecule is COc1cc2c(cc1OC)CN(C(=O)c1ccc(NCCCN(C)C)nn1)CC2. The third kappa shape index (κ3) is 5.14. The van der Waals surface area contributed by atoms with Crippen LogP contribution >= 0.6 is 0 Å². The van der Waals surface area contributed by atoms with Gasteiger partial charge >= 0.3 is 0 Å². The molecule has 29 heavy (non-hydrogen) atoms. The Balaban J connectivity index is 1.62. The standard InChI is InChI=1S/C21H29N5O3/c1-25(2)10-5-9-22-20-7-6-17(23-24-20)21(27)26-11-8-15-12-18(28-3)19(29-4)13-16(15)14-26/h6-7,12-13H,5,8-11,14H2,1-4H3,(H,22,24). The molecule has 0 aliphatic carbocycles. The van der Waals surface area contributed by atoms with Crippen LogP contribution in [0.15, 0.2) is 24.3 Å².